The maximum atomic E-state index is 12.7. The van der Waals surface area contributed by atoms with Crippen LogP contribution in [0.3, 0.4) is 0 Å². The van der Waals surface area contributed by atoms with E-state index in [9.17, 15) is 4.79 Å². The van der Waals surface area contributed by atoms with Crippen molar-refractivity contribution < 1.29 is 19.0 Å². The molecule has 37 heavy (non-hydrogen) atoms. The zero-order valence-corrected chi connectivity index (χ0v) is 22.6. The number of aryl methyl sites for hydroxylation is 2. The van der Waals surface area contributed by atoms with Gasteiger partial charge in [0.1, 0.15) is 24.0 Å². The molecule has 1 amide bonds. The number of aliphatic imine (C=N–C) groups is 1. The smallest absolute Gasteiger partial charge is 0.283 e. The van der Waals surface area contributed by atoms with Gasteiger partial charge in [-0.25, -0.2) is 0 Å². The first-order valence-corrected chi connectivity index (χ1v) is 13.1. The van der Waals surface area contributed by atoms with E-state index in [1.54, 1.807) is 18.2 Å². The number of hydrazone groups is 1. The highest BCUT2D eigenvalue weighted by Gasteiger charge is 2.35. The Hall–Kier alpha value is -3.59. The number of nitrogens with one attached hydrogen (secondary N) is 1. The number of nitrogens with zero attached hydrogens (tertiary/aromatic N) is 3. The molecule has 2 aromatic rings. The molecule has 0 radical (unpaired) electrons. The van der Waals surface area contributed by atoms with Crippen molar-refractivity contribution in [3.63, 3.8) is 0 Å². The van der Waals surface area contributed by atoms with Gasteiger partial charge < -0.3 is 14.2 Å². The Morgan fingerprint density at radius 3 is 2.46 bits per heavy atom. The first-order valence-electron chi connectivity index (χ1n) is 12.3. The van der Waals surface area contributed by atoms with E-state index in [1.807, 2.05) is 39.0 Å². The monoisotopic (exact) mass is 520 g/mol. The fraction of sp³-hybridized carbons (Fsp3) is 0.357. The average Bonchev–Trinajstić information content (AvgIpc) is 3.21. The quantitative estimate of drug-likeness (QED) is 0.313. The Morgan fingerprint density at radius 1 is 1.03 bits per heavy atom. The summed E-state index contributed by atoms with van der Waals surface area (Å²) in [5.74, 6) is 1.93. The van der Waals surface area contributed by atoms with Gasteiger partial charge in [-0.3, -0.25) is 10.2 Å². The Kier molecular flexibility index (Phi) is 8.33. The molecule has 0 atom stereocenters. The van der Waals surface area contributed by atoms with E-state index in [0.717, 1.165) is 28.3 Å². The molecule has 2 aromatic carbocycles. The molecule has 0 unspecified atom stereocenters. The first-order chi connectivity index (χ1) is 17.7. The molecule has 0 saturated heterocycles. The van der Waals surface area contributed by atoms with Crippen LogP contribution in [0.25, 0.3) is 6.08 Å². The highest BCUT2D eigenvalue weighted by atomic mass is 32.2. The van der Waals surface area contributed by atoms with Crippen molar-refractivity contribution in [2.24, 2.45) is 16.0 Å². The minimum atomic E-state index is -0.452. The molecule has 0 saturated carbocycles. The molecule has 0 fully saturated rings. The first kappa shape index (κ1) is 26.5. The minimum absolute atomic E-state index is 0.0167. The average molecular weight is 521 g/mol. The van der Waals surface area contributed by atoms with Crippen molar-refractivity contribution in [1.82, 2.24) is 5.01 Å². The van der Waals surface area contributed by atoms with Crippen LogP contribution < -0.4 is 14.2 Å². The molecule has 2 heterocycles. The van der Waals surface area contributed by atoms with E-state index in [2.05, 4.69) is 30.0 Å². The summed E-state index contributed by atoms with van der Waals surface area (Å²) < 4.78 is 17.6. The molecular weight excluding hydrogens is 488 g/mol. The maximum absolute atomic E-state index is 12.7. The van der Waals surface area contributed by atoms with Gasteiger partial charge in [0.2, 0.25) is 5.17 Å². The van der Waals surface area contributed by atoms with Crippen LogP contribution in [0.4, 0.5) is 0 Å². The molecule has 0 aromatic heterocycles. The number of hydrogen-bond donors (Lipinski definition) is 1. The predicted octanol–water partition coefficient (Wildman–Crippen LogP) is 5.83. The van der Waals surface area contributed by atoms with E-state index in [4.69, 9.17) is 19.6 Å². The number of fused-ring (bicyclic) bond motifs is 1. The van der Waals surface area contributed by atoms with Crippen LogP contribution in [0.5, 0.6) is 17.2 Å². The van der Waals surface area contributed by atoms with E-state index in [1.165, 1.54) is 16.8 Å². The predicted molar refractivity (Wildman–Crippen MR) is 149 cm³/mol. The fourth-order valence-corrected chi connectivity index (χ4v) is 5.06. The number of ether oxygens (including phenoxy) is 3. The molecule has 2 aliphatic heterocycles. The summed E-state index contributed by atoms with van der Waals surface area (Å²) in [5, 5.41) is 15.8. The van der Waals surface area contributed by atoms with Crippen LogP contribution in [0, 0.1) is 25.2 Å². The molecule has 2 aliphatic rings. The van der Waals surface area contributed by atoms with E-state index in [-0.39, 0.29) is 11.4 Å². The number of rotatable bonds is 10. The van der Waals surface area contributed by atoms with Gasteiger partial charge in [-0.05, 0) is 85.5 Å². The van der Waals surface area contributed by atoms with Crippen LogP contribution >= 0.6 is 11.8 Å². The standard InChI is InChI=1S/C28H32N4O4S/c1-6-34-24-16-20(7-8-23(24)36-10-9-35-21-13-18(4)12-19(5)14-21)15-22-26(29)32-28(30-27(22)33)37-25(31-32)11-17(2)3/h7-8,12-17,29H,6,9-11H2,1-5H3/b22-15-,29-26?. The maximum Gasteiger partial charge on any atom is 0.283 e. The second kappa shape index (κ2) is 11.6. The number of carbonyl (C=O) groups excluding carboxylic acids is 1. The lowest BCUT2D eigenvalue weighted by Gasteiger charge is -2.20. The fourth-order valence-electron chi connectivity index (χ4n) is 3.96. The number of hydrogen-bond acceptors (Lipinski definition) is 7. The van der Waals surface area contributed by atoms with Crippen LogP contribution in [0.15, 0.2) is 52.1 Å². The van der Waals surface area contributed by atoms with Gasteiger partial charge in [-0.2, -0.15) is 15.1 Å². The molecule has 0 bridgehead atoms. The van der Waals surface area contributed by atoms with Crippen LogP contribution in [0.2, 0.25) is 0 Å². The van der Waals surface area contributed by atoms with Crippen molar-refractivity contribution in [2.45, 2.75) is 41.0 Å². The number of thioether (sulfide) groups is 1. The van der Waals surface area contributed by atoms with Gasteiger partial charge in [-0.15, -0.1) is 0 Å². The number of carbonyl (C=O) groups is 1. The Balaban J connectivity index is 1.46. The van der Waals surface area contributed by atoms with E-state index in [0.29, 0.717) is 48.0 Å². The summed E-state index contributed by atoms with van der Waals surface area (Å²) >= 11 is 1.35. The van der Waals surface area contributed by atoms with Crippen molar-refractivity contribution >= 4 is 39.8 Å². The number of amides is 1. The van der Waals surface area contributed by atoms with E-state index >= 15 is 0 Å². The summed E-state index contributed by atoms with van der Waals surface area (Å²) in [6, 6.07) is 11.5. The van der Waals surface area contributed by atoms with Crippen LogP contribution in [-0.2, 0) is 4.79 Å². The van der Waals surface area contributed by atoms with E-state index < -0.39 is 5.91 Å². The third-order valence-corrected chi connectivity index (χ3v) is 6.39. The molecule has 4 rings (SSSR count). The summed E-state index contributed by atoms with van der Waals surface area (Å²) in [5.41, 5.74) is 3.18. The summed E-state index contributed by atoms with van der Waals surface area (Å²) in [7, 11) is 0. The second-order valence-electron chi connectivity index (χ2n) is 9.27. The zero-order valence-electron chi connectivity index (χ0n) is 21.8. The number of amidine groups is 2. The summed E-state index contributed by atoms with van der Waals surface area (Å²) in [6.45, 7) is 11.4. The van der Waals surface area contributed by atoms with Gasteiger partial charge in [0, 0.05) is 6.42 Å². The summed E-state index contributed by atoms with van der Waals surface area (Å²) in [4.78, 5) is 16.9. The van der Waals surface area contributed by atoms with Crippen molar-refractivity contribution in [3.8, 4) is 17.2 Å². The largest absolute Gasteiger partial charge is 0.490 e. The molecule has 1 N–H and O–H groups in total. The zero-order chi connectivity index (χ0) is 26.5. The van der Waals surface area contributed by atoms with Crippen molar-refractivity contribution in [1.29, 1.82) is 5.41 Å². The SMILES string of the molecule is CCOc1cc(/C=C2/C(=N)N3N=C(CC(C)C)SC3=NC2=O)ccc1OCCOc1cc(C)cc(C)c1. The summed E-state index contributed by atoms with van der Waals surface area (Å²) in [6.07, 6.45) is 2.41. The van der Waals surface area contributed by atoms with Crippen LogP contribution in [0.1, 0.15) is 43.9 Å². The lowest BCUT2D eigenvalue weighted by atomic mass is 10.1. The lowest BCUT2D eigenvalue weighted by molar-refractivity contribution is -0.114. The Morgan fingerprint density at radius 2 is 1.76 bits per heavy atom. The number of benzene rings is 2. The normalized spacial score (nSPS) is 16.2. The highest BCUT2D eigenvalue weighted by Crippen LogP contribution is 2.33. The lowest BCUT2D eigenvalue weighted by Crippen LogP contribution is -2.35. The minimum Gasteiger partial charge on any atom is -0.490 e. The van der Waals surface area contributed by atoms with Gasteiger partial charge in [-0.1, -0.05) is 26.0 Å². The highest BCUT2D eigenvalue weighted by molar-refractivity contribution is 8.26. The van der Waals surface area contributed by atoms with Gasteiger partial charge in [0.05, 0.1) is 12.2 Å². The van der Waals surface area contributed by atoms with Crippen molar-refractivity contribution in [2.75, 3.05) is 19.8 Å². The van der Waals surface area contributed by atoms with Gasteiger partial charge in [0.15, 0.2) is 17.3 Å². The Bertz CT molecular complexity index is 1280. The second-order valence-corrected chi connectivity index (χ2v) is 10.3. The van der Waals surface area contributed by atoms with Crippen molar-refractivity contribution in [3.05, 3.63) is 58.7 Å². The third-order valence-electron chi connectivity index (χ3n) is 5.46. The molecule has 0 spiro atoms. The molecular formula is C28H32N4O4S. The Labute approximate surface area is 221 Å². The van der Waals surface area contributed by atoms with Crippen LogP contribution in [-0.4, -0.2) is 46.8 Å². The van der Waals surface area contributed by atoms with Gasteiger partial charge >= 0.3 is 0 Å². The topological polar surface area (TPSA) is 96.6 Å². The molecule has 0 aliphatic carbocycles. The third kappa shape index (κ3) is 6.60. The molecule has 194 valence electrons. The van der Waals surface area contributed by atoms with Gasteiger partial charge in [0.25, 0.3) is 5.91 Å². The molecule has 9 heteroatoms. The molecule has 8 nitrogen and oxygen atoms in total.